The fourth-order valence-corrected chi connectivity index (χ4v) is 6.88. The Bertz CT molecular complexity index is 1010. The molecular formula is C20H25N5O3S3. The van der Waals surface area contributed by atoms with Crippen LogP contribution in [0.3, 0.4) is 0 Å². The minimum Gasteiger partial charge on any atom is -0.365 e. The molecule has 2 aliphatic carbocycles. The summed E-state index contributed by atoms with van der Waals surface area (Å²) in [5, 5.41) is 12.3. The number of nitrogens with two attached hydrogens (primary N) is 1. The zero-order valence-corrected chi connectivity index (χ0v) is 19.9. The van der Waals surface area contributed by atoms with E-state index in [0.29, 0.717) is 32.4 Å². The Labute approximate surface area is 193 Å². The lowest BCUT2D eigenvalue weighted by molar-refractivity contribution is -0.118. The van der Waals surface area contributed by atoms with Gasteiger partial charge in [0.25, 0.3) is 5.91 Å². The van der Waals surface area contributed by atoms with Crippen LogP contribution in [0.4, 0.5) is 10.1 Å². The molecule has 8 nitrogen and oxygen atoms in total. The number of nitrogens with one attached hydrogen (secondary N) is 1. The van der Waals surface area contributed by atoms with E-state index in [1.54, 1.807) is 4.90 Å². The second-order valence-electron chi connectivity index (χ2n) is 7.96. The van der Waals surface area contributed by atoms with Gasteiger partial charge in [0, 0.05) is 17.3 Å². The van der Waals surface area contributed by atoms with E-state index >= 15 is 0 Å². The summed E-state index contributed by atoms with van der Waals surface area (Å²) >= 11 is 4.05. The second-order valence-corrected chi connectivity index (χ2v) is 11.2. The number of thiophene rings is 1. The van der Waals surface area contributed by atoms with Gasteiger partial charge < -0.3 is 11.1 Å². The number of fused-ring (bicyclic) bond motifs is 1. The van der Waals surface area contributed by atoms with Crippen molar-refractivity contribution in [2.45, 2.75) is 62.8 Å². The molecule has 2 aromatic rings. The van der Waals surface area contributed by atoms with Gasteiger partial charge in [-0.1, -0.05) is 36.9 Å². The first-order valence-electron chi connectivity index (χ1n) is 10.4. The van der Waals surface area contributed by atoms with Gasteiger partial charge in [0.1, 0.15) is 5.00 Å². The van der Waals surface area contributed by atoms with Gasteiger partial charge in [-0.3, -0.25) is 19.3 Å². The van der Waals surface area contributed by atoms with E-state index in [4.69, 9.17) is 5.73 Å². The van der Waals surface area contributed by atoms with Gasteiger partial charge in [-0.05, 0) is 43.6 Å². The molecule has 1 fully saturated rings. The molecule has 1 atom stereocenters. The predicted molar refractivity (Wildman–Crippen MR) is 124 cm³/mol. The molecule has 3 N–H and O–H groups in total. The van der Waals surface area contributed by atoms with Gasteiger partial charge in [0.05, 0.1) is 11.3 Å². The molecule has 0 aliphatic heterocycles. The molecule has 31 heavy (non-hydrogen) atoms. The lowest BCUT2D eigenvalue weighted by Gasteiger charge is -2.18. The SMILES string of the molecule is CCC(=O)N(c1nnc(SCC(=O)Nc2sc3c(c2C(N)=O)CC[C@H](C)C3)s1)C1CC1. The predicted octanol–water partition coefficient (Wildman–Crippen LogP) is 3.46. The number of rotatable bonds is 8. The maximum absolute atomic E-state index is 12.6. The van der Waals surface area contributed by atoms with Crippen molar-refractivity contribution in [1.29, 1.82) is 0 Å². The maximum Gasteiger partial charge on any atom is 0.251 e. The van der Waals surface area contributed by atoms with Crippen molar-refractivity contribution in [1.82, 2.24) is 10.2 Å². The third-order valence-corrected chi connectivity index (χ3v) is 8.65. The standard InChI is InChI=1S/C20H25N5O3S3/c1-3-15(27)25(11-5-6-11)19-23-24-20(31-19)29-9-14(26)22-18-16(17(21)28)12-7-4-10(2)8-13(12)30-18/h10-11H,3-9H2,1-2H3,(H2,21,28)(H,22,26)/t10-/m0/s1. The Kier molecular flexibility index (Phi) is 6.63. The van der Waals surface area contributed by atoms with Crippen LogP contribution in [-0.2, 0) is 22.4 Å². The number of carbonyl (C=O) groups is 3. The Morgan fingerprint density at radius 3 is 2.68 bits per heavy atom. The highest BCUT2D eigenvalue weighted by Crippen LogP contribution is 2.40. The summed E-state index contributed by atoms with van der Waals surface area (Å²) in [6.07, 6.45) is 5.14. The molecule has 0 radical (unpaired) electrons. The third kappa shape index (κ3) is 4.93. The average Bonchev–Trinajstić information content (AvgIpc) is 3.33. The van der Waals surface area contributed by atoms with E-state index in [1.165, 1.54) is 34.4 Å². The highest BCUT2D eigenvalue weighted by atomic mass is 32.2. The number of hydrogen-bond acceptors (Lipinski definition) is 8. The van der Waals surface area contributed by atoms with Gasteiger partial charge in [0.2, 0.25) is 16.9 Å². The van der Waals surface area contributed by atoms with Gasteiger partial charge >= 0.3 is 0 Å². The second kappa shape index (κ2) is 9.25. The van der Waals surface area contributed by atoms with Gasteiger partial charge in [-0.25, -0.2) is 0 Å². The number of hydrogen-bond donors (Lipinski definition) is 2. The Hall–Kier alpha value is -1.98. The summed E-state index contributed by atoms with van der Waals surface area (Å²) in [6, 6.07) is 0.223. The van der Waals surface area contributed by atoms with Crippen LogP contribution in [0.2, 0.25) is 0 Å². The number of primary amides is 1. The molecule has 11 heteroatoms. The molecule has 0 saturated heterocycles. The van der Waals surface area contributed by atoms with Crippen molar-refractivity contribution >= 4 is 62.3 Å². The Morgan fingerprint density at radius 2 is 2.00 bits per heavy atom. The number of nitrogens with zero attached hydrogens (tertiary/aromatic N) is 3. The molecular weight excluding hydrogens is 454 g/mol. The number of aromatic nitrogens is 2. The zero-order chi connectivity index (χ0) is 22.1. The normalized spacial score (nSPS) is 17.8. The van der Waals surface area contributed by atoms with Crippen molar-refractivity contribution in [2.24, 2.45) is 11.7 Å². The van der Waals surface area contributed by atoms with Crippen molar-refractivity contribution in [3.05, 3.63) is 16.0 Å². The van der Waals surface area contributed by atoms with E-state index in [0.717, 1.165) is 42.5 Å². The van der Waals surface area contributed by atoms with Crippen LogP contribution >= 0.6 is 34.4 Å². The topological polar surface area (TPSA) is 118 Å². The average molecular weight is 480 g/mol. The molecule has 0 spiro atoms. The lowest BCUT2D eigenvalue weighted by Crippen LogP contribution is -2.32. The summed E-state index contributed by atoms with van der Waals surface area (Å²) in [5.74, 6) is 0.0242. The largest absolute Gasteiger partial charge is 0.365 e. The van der Waals surface area contributed by atoms with Crippen molar-refractivity contribution < 1.29 is 14.4 Å². The number of amides is 3. The third-order valence-electron chi connectivity index (χ3n) is 5.42. The molecule has 0 unspecified atom stereocenters. The van der Waals surface area contributed by atoms with Crippen molar-refractivity contribution in [3.8, 4) is 0 Å². The molecule has 166 valence electrons. The smallest absolute Gasteiger partial charge is 0.251 e. The van der Waals surface area contributed by atoms with Gasteiger partial charge in [0.15, 0.2) is 4.34 Å². The minimum absolute atomic E-state index is 0.0444. The minimum atomic E-state index is -0.496. The van der Waals surface area contributed by atoms with Crippen LogP contribution in [0, 0.1) is 5.92 Å². The molecule has 3 amide bonds. The molecule has 4 rings (SSSR count). The Morgan fingerprint density at radius 1 is 1.23 bits per heavy atom. The zero-order valence-electron chi connectivity index (χ0n) is 17.5. The maximum atomic E-state index is 12.6. The van der Waals surface area contributed by atoms with E-state index in [1.807, 2.05) is 6.92 Å². The summed E-state index contributed by atoms with van der Waals surface area (Å²) < 4.78 is 0.633. The molecule has 0 bridgehead atoms. The molecule has 1 saturated carbocycles. The number of anilines is 2. The molecule has 0 aromatic carbocycles. The first-order chi connectivity index (χ1) is 14.9. The van der Waals surface area contributed by atoms with Crippen LogP contribution < -0.4 is 16.0 Å². The van der Waals surface area contributed by atoms with Crippen molar-refractivity contribution in [2.75, 3.05) is 16.0 Å². The fraction of sp³-hybridized carbons (Fsp3) is 0.550. The van der Waals surface area contributed by atoms with E-state index in [2.05, 4.69) is 22.4 Å². The van der Waals surface area contributed by atoms with E-state index in [9.17, 15) is 14.4 Å². The monoisotopic (exact) mass is 479 g/mol. The van der Waals surface area contributed by atoms with Crippen LogP contribution in [0.1, 0.15) is 60.3 Å². The number of thioether (sulfide) groups is 1. The summed E-state index contributed by atoms with van der Waals surface area (Å²) in [4.78, 5) is 39.7. The van der Waals surface area contributed by atoms with Crippen LogP contribution in [0.25, 0.3) is 0 Å². The quantitative estimate of drug-likeness (QED) is 0.442. The highest BCUT2D eigenvalue weighted by Gasteiger charge is 2.35. The molecule has 2 aromatic heterocycles. The first-order valence-corrected chi connectivity index (χ1v) is 13.0. The van der Waals surface area contributed by atoms with E-state index < -0.39 is 5.91 Å². The van der Waals surface area contributed by atoms with Crippen LogP contribution in [0.5, 0.6) is 0 Å². The van der Waals surface area contributed by atoms with E-state index in [-0.39, 0.29) is 23.6 Å². The summed E-state index contributed by atoms with van der Waals surface area (Å²) in [7, 11) is 0. The van der Waals surface area contributed by atoms with Crippen LogP contribution in [0.15, 0.2) is 4.34 Å². The van der Waals surface area contributed by atoms with Crippen LogP contribution in [-0.4, -0.2) is 39.7 Å². The Balaban J connectivity index is 1.40. The van der Waals surface area contributed by atoms with Gasteiger partial charge in [-0.15, -0.1) is 21.5 Å². The summed E-state index contributed by atoms with van der Waals surface area (Å²) in [5.41, 5.74) is 7.07. The lowest BCUT2D eigenvalue weighted by atomic mass is 9.88. The number of carbonyl (C=O) groups excluding carboxylic acids is 3. The highest BCUT2D eigenvalue weighted by molar-refractivity contribution is 8.01. The fourth-order valence-electron chi connectivity index (χ4n) is 3.72. The van der Waals surface area contributed by atoms with Crippen molar-refractivity contribution in [3.63, 3.8) is 0 Å². The first kappa shape index (κ1) is 22.2. The van der Waals surface area contributed by atoms with Gasteiger partial charge in [-0.2, -0.15) is 0 Å². The molecule has 2 aliphatic rings. The molecule has 2 heterocycles. The summed E-state index contributed by atoms with van der Waals surface area (Å²) in [6.45, 7) is 4.03.